The Morgan fingerprint density at radius 2 is 1.68 bits per heavy atom. The zero-order valence-corrected chi connectivity index (χ0v) is 15.4. The van der Waals surface area contributed by atoms with Crippen LogP contribution in [0.25, 0.3) is 0 Å². The van der Waals surface area contributed by atoms with E-state index in [1.165, 1.54) is 5.56 Å². The quantitative estimate of drug-likeness (QED) is 0.624. The first-order chi connectivity index (χ1) is 12.2. The first kappa shape index (κ1) is 17.4. The molecule has 0 saturated carbocycles. The van der Waals surface area contributed by atoms with Crippen LogP contribution in [0.5, 0.6) is 0 Å². The number of halogens is 1. The number of ketones is 1. The maximum atomic E-state index is 12.2. The van der Waals surface area contributed by atoms with Gasteiger partial charge in [0.1, 0.15) is 5.78 Å². The van der Waals surface area contributed by atoms with Gasteiger partial charge >= 0.3 is 0 Å². The molecule has 0 radical (unpaired) electrons. The van der Waals surface area contributed by atoms with Gasteiger partial charge in [0.15, 0.2) is 0 Å². The van der Waals surface area contributed by atoms with Crippen molar-refractivity contribution in [3.05, 3.63) is 94.2 Å². The van der Waals surface area contributed by atoms with Crippen LogP contribution >= 0.6 is 15.9 Å². The van der Waals surface area contributed by atoms with E-state index >= 15 is 0 Å². The molecule has 0 fully saturated rings. The van der Waals surface area contributed by atoms with Gasteiger partial charge < -0.3 is 5.32 Å². The zero-order valence-electron chi connectivity index (χ0n) is 13.8. The Kier molecular flexibility index (Phi) is 5.96. The second-order valence-electron chi connectivity index (χ2n) is 5.86. The molecule has 1 heterocycles. The number of nitrogens with one attached hydrogen (secondary N) is 1. The Morgan fingerprint density at radius 3 is 2.40 bits per heavy atom. The van der Waals surface area contributed by atoms with Crippen LogP contribution in [0, 0.1) is 0 Å². The fourth-order valence-electron chi connectivity index (χ4n) is 2.57. The highest BCUT2D eigenvalue weighted by Crippen LogP contribution is 2.18. The third kappa shape index (κ3) is 5.26. The predicted molar refractivity (Wildman–Crippen MR) is 105 cm³/mol. The highest BCUT2D eigenvalue weighted by Gasteiger charge is 2.06. The molecule has 4 heteroatoms. The molecule has 3 nitrogen and oxygen atoms in total. The zero-order chi connectivity index (χ0) is 17.5. The fourth-order valence-corrected chi connectivity index (χ4v) is 3.00. The lowest BCUT2D eigenvalue weighted by atomic mass is 10.1. The molecule has 0 bridgehead atoms. The van der Waals surface area contributed by atoms with E-state index in [4.69, 9.17) is 0 Å². The summed E-state index contributed by atoms with van der Waals surface area (Å²) in [5, 5.41) is 3.40. The lowest BCUT2D eigenvalue weighted by Crippen LogP contribution is -2.07. The van der Waals surface area contributed by atoms with Gasteiger partial charge in [0.25, 0.3) is 0 Å². The molecular weight excluding hydrogens is 376 g/mol. The Labute approximate surface area is 156 Å². The summed E-state index contributed by atoms with van der Waals surface area (Å²) in [5.41, 5.74) is 4.08. The number of nitrogens with zero attached hydrogens (tertiary/aromatic N) is 1. The Hall–Kier alpha value is -2.46. The van der Waals surface area contributed by atoms with Crippen molar-refractivity contribution in [2.75, 3.05) is 5.32 Å². The van der Waals surface area contributed by atoms with Crippen LogP contribution < -0.4 is 5.32 Å². The van der Waals surface area contributed by atoms with Crippen LogP contribution in [0.2, 0.25) is 0 Å². The van der Waals surface area contributed by atoms with Crippen molar-refractivity contribution in [1.29, 1.82) is 0 Å². The molecule has 2 aromatic carbocycles. The van der Waals surface area contributed by atoms with Gasteiger partial charge in [0.2, 0.25) is 0 Å². The number of benzene rings is 2. The van der Waals surface area contributed by atoms with E-state index in [-0.39, 0.29) is 5.78 Å². The summed E-state index contributed by atoms with van der Waals surface area (Å²) in [6, 6.07) is 21.8. The number of hydrogen-bond donors (Lipinski definition) is 1. The number of aromatic nitrogens is 1. The SMILES string of the molecule is O=C(Cc1ccc(NCc2ccccc2Br)cc1)Cc1ccccn1. The highest BCUT2D eigenvalue weighted by atomic mass is 79.9. The average Bonchev–Trinajstić information content (AvgIpc) is 2.63. The average molecular weight is 395 g/mol. The van der Waals surface area contributed by atoms with Gasteiger partial charge in [0.05, 0.1) is 0 Å². The molecule has 0 aliphatic rings. The largest absolute Gasteiger partial charge is 0.381 e. The summed E-state index contributed by atoms with van der Waals surface area (Å²) in [6.07, 6.45) is 2.53. The molecule has 25 heavy (non-hydrogen) atoms. The lowest BCUT2D eigenvalue weighted by Gasteiger charge is -2.09. The van der Waals surface area contributed by atoms with Crippen LogP contribution in [-0.4, -0.2) is 10.8 Å². The third-order valence-corrected chi connectivity index (χ3v) is 4.67. The minimum absolute atomic E-state index is 0.174. The van der Waals surface area contributed by atoms with Crippen molar-refractivity contribution >= 4 is 27.4 Å². The summed E-state index contributed by atoms with van der Waals surface area (Å²) in [6.45, 7) is 0.749. The summed E-state index contributed by atoms with van der Waals surface area (Å²) >= 11 is 3.55. The summed E-state index contributed by atoms with van der Waals surface area (Å²) in [7, 11) is 0. The summed E-state index contributed by atoms with van der Waals surface area (Å²) in [4.78, 5) is 16.4. The Balaban J connectivity index is 1.53. The molecule has 0 saturated heterocycles. The molecule has 0 amide bonds. The van der Waals surface area contributed by atoms with Crippen molar-refractivity contribution in [2.24, 2.45) is 0 Å². The fraction of sp³-hybridized carbons (Fsp3) is 0.143. The second kappa shape index (κ2) is 8.58. The van der Waals surface area contributed by atoms with Gasteiger partial charge in [-0.15, -0.1) is 0 Å². The maximum absolute atomic E-state index is 12.2. The predicted octanol–water partition coefficient (Wildman–Crippen LogP) is 4.81. The number of Topliss-reactive ketones (excluding diaryl/α,β-unsaturated/α-hetero) is 1. The first-order valence-corrected chi connectivity index (χ1v) is 8.98. The summed E-state index contributed by atoms with van der Waals surface area (Å²) in [5.74, 6) is 0.174. The van der Waals surface area contributed by atoms with Crippen molar-refractivity contribution in [1.82, 2.24) is 4.98 Å². The number of carbonyl (C=O) groups excluding carboxylic acids is 1. The van der Waals surface area contributed by atoms with Crippen LogP contribution in [0.3, 0.4) is 0 Å². The minimum atomic E-state index is 0.174. The maximum Gasteiger partial charge on any atom is 0.143 e. The van der Waals surface area contributed by atoms with Crippen molar-refractivity contribution in [2.45, 2.75) is 19.4 Å². The van der Waals surface area contributed by atoms with E-state index in [9.17, 15) is 4.79 Å². The molecule has 3 rings (SSSR count). The third-order valence-electron chi connectivity index (χ3n) is 3.90. The highest BCUT2D eigenvalue weighted by molar-refractivity contribution is 9.10. The molecule has 3 aromatic rings. The molecule has 1 N–H and O–H groups in total. The molecular formula is C21H19BrN2O. The monoisotopic (exact) mass is 394 g/mol. The van der Waals surface area contributed by atoms with Crippen molar-refractivity contribution in [3.63, 3.8) is 0 Å². The van der Waals surface area contributed by atoms with E-state index in [1.807, 2.05) is 60.7 Å². The Morgan fingerprint density at radius 1 is 0.920 bits per heavy atom. The van der Waals surface area contributed by atoms with Crippen LogP contribution in [0.4, 0.5) is 5.69 Å². The van der Waals surface area contributed by atoms with Crippen molar-refractivity contribution in [3.8, 4) is 0 Å². The lowest BCUT2D eigenvalue weighted by molar-refractivity contribution is -0.117. The van der Waals surface area contributed by atoms with E-state index in [0.717, 1.165) is 28.0 Å². The van der Waals surface area contributed by atoms with E-state index < -0.39 is 0 Å². The van der Waals surface area contributed by atoms with Gasteiger partial charge in [-0.25, -0.2) is 0 Å². The van der Waals surface area contributed by atoms with Crippen molar-refractivity contribution < 1.29 is 4.79 Å². The van der Waals surface area contributed by atoms with E-state index in [1.54, 1.807) is 6.20 Å². The number of anilines is 1. The van der Waals surface area contributed by atoms with E-state index in [0.29, 0.717) is 12.8 Å². The Bertz CT molecular complexity index is 832. The smallest absolute Gasteiger partial charge is 0.143 e. The van der Waals surface area contributed by atoms with Gasteiger partial charge in [-0.05, 0) is 41.5 Å². The number of carbonyl (C=O) groups is 1. The van der Waals surface area contributed by atoms with Crippen LogP contribution in [-0.2, 0) is 24.2 Å². The second-order valence-corrected chi connectivity index (χ2v) is 6.71. The molecule has 0 unspecified atom stereocenters. The van der Waals surface area contributed by atoms with Gasteiger partial charge in [-0.2, -0.15) is 0 Å². The standard InChI is InChI=1S/C21H19BrN2O/c22-21-7-2-1-5-17(21)15-24-18-10-8-16(9-11-18)13-20(25)14-19-6-3-4-12-23-19/h1-12,24H,13-15H2. The number of pyridine rings is 1. The number of hydrogen-bond acceptors (Lipinski definition) is 3. The first-order valence-electron chi connectivity index (χ1n) is 8.18. The minimum Gasteiger partial charge on any atom is -0.381 e. The molecule has 0 atom stereocenters. The normalized spacial score (nSPS) is 10.4. The molecule has 0 aliphatic heterocycles. The van der Waals surface area contributed by atoms with Gasteiger partial charge in [-0.1, -0.05) is 52.3 Å². The van der Waals surface area contributed by atoms with Gasteiger partial charge in [0, 0.05) is 41.4 Å². The number of rotatable bonds is 7. The molecule has 126 valence electrons. The molecule has 1 aromatic heterocycles. The summed E-state index contributed by atoms with van der Waals surface area (Å²) < 4.78 is 1.10. The van der Waals surface area contributed by atoms with Crippen LogP contribution in [0.15, 0.2) is 77.4 Å². The molecule has 0 aliphatic carbocycles. The van der Waals surface area contributed by atoms with Gasteiger partial charge in [-0.3, -0.25) is 9.78 Å². The van der Waals surface area contributed by atoms with Crippen LogP contribution in [0.1, 0.15) is 16.8 Å². The molecule has 0 spiro atoms. The topological polar surface area (TPSA) is 42.0 Å². The van der Waals surface area contributed by atoms with E-state index in [2.05, 4.69) is 32.3 Å².